The molecule has 0 spiro atoms. The third-order valence-electron chi connectivity index (χ3n) is 4.61. The van der Waals surface area contributed by atoms with Gasteiger partial charge in [-0.15, -0.1) is 0 Å². The van der Waals surface area contributed by atoms with Crippen molar-refractivity contribution in [1.29, 1.82) is 0 Å². The highest BCUT2D eigenvalue weighted by Gasteiger charge is 2.34. The maximum absolute atomic E-state index is 6.05. The van der Waals surface area contributed by atoms with Crippen LogP contribution in [0.3, 0.4) is 0 Å². The van der Waals surface area contributed by atoms with E-state index in [2.05, 4.69) is 32.6 Å². The molecule has 1 atom stereocenters. The van der Waals surface area contributed by atoms with Crippen molar-refractivity contribution in [3.05, 3.63) is 0 Å². The van der Waals surface area contributed by atoms with E-state index in [1.54, 1.807) is 0 Å². The second-order valence-corrected chi connectivity index (χ2v) is 6.37. The number of hydrogen-bond acceptors (Lipinski definition) is 2. The first kappa shape index (κ1) is 15.0. The quantitative estimate of drug-likeness (QED) is 0.739. The highest BCUT2D eigenvalue weighted by atomic mass is 15.2. The standard InChI is InChI=1S/C15H32N2/c1-5-15(4,12-16)17(11-10-13(2)3)14-8-6-7-9-14/h13-14H,5-12,16H2,1-4H3. The summed E-state index contributed by atoms with van der Waals surface area (Å²) in [7, 11) is 0. The van der Waals surface area contributed by atoms with Gasteiger partial charge in [0.1, 0.15) is 0 Å². The highest BCUT2D eigenvalue weighted by Crippen LogP contribution is 2.31. The Morgan fingerprint density at radius 1 is 1.29 bits per heavy atom. The monoisotopic (exact) mass is 240 g/mol. The fourth-order valence-electron chi connectivity index (χ4n) is 2.97. The Balaban J connectivity index is 2.69. The SMILES string of the molecule is CCC(C)(CN)N(CCC(C)C)C1CCCC1. The molecule has 1 aliphatic rings. The molecule has 0 heterocycles. The van der Waals surface area contributed by atoms with Crippen molar-refractivity contribution in [1.82, 2.24) is 4.90 Å². The van der Waals surface area contributed by atoms with Gasteiger partial charge in [0.25, 0.3) is 0 Å². The first-order chi connectivity index (χ1) is 8.03. The van der Waals surface area contributed by atoms with Crippen LogP contribution in [-0.4, -0.2) is 29.6 Å². The summed E-state index contributed by atoms with van der Waals surface area (Å²) < 4.78 is 0. The van der Waals surface area contributed by atoms with E-state index >= 15 is 0 Å². The van der Waals surface area contributed by atoms with E-state index in [0.29, 0.717) is 0 Å². The molecule has 0 aromatic heterocycles. The summed E-state index contributed by atoms with van der Waals surface area (Å²) in [4.78, 5) is 2.74. The van der Waals surface area contributed by atoms with Crippen molar-refractivity contribution in [2.24, 2.45) is 11.7 Å². The van der Waals surface area contributed by atoms with Crippen LogP contribution in [0.25, 0.3) is 0 Å². The zero-order chi connectivity index (χ0) is 12.9. The van der Waals surface area contributed by atoms with E-state index in [9.17, 15) is 0 Å². The summed E-state index contributed by atoms with van der Waals surface area (Å²) in [5.74, 6) is 0.790. The Bertz CT molecular complexity index is 203. The lowest BCUT2D eigenvalue weighted by Crippen LogP contribution is -2.55. The molecular formula is C15H32N2. The zero-order valence-corrected chi connectivity index (χ0v) is 12.3. The first-order valence-corrected chi connectivity index (χ1v) is 7.50. The maximum atomic E-state index is 6.05. The van der Waals surface area contributed by atoms with Crippen molar-refractivity contribution in [2.45, 2.75) is 77.8 Å². The second kappa shape index (κ2) is 6.75. The summed E-state index contributed by atoms with van der Waals surface area (Å²) in [5, 5.41) is 0. The summed E-state index contributed by atoms with van der Waals surface area (Å²) in [6, 6.07) is 0.794. The van der Waals surface area contributed by atoms with Crippen LogP contribution in [0.1, 0.15) is 66.2 Å². The molecule has 2 heteroatoms. The molecule has 102 valence electrons. The van der Waals surface area contributed by atoms with Gasteiger partial charge in [-0.1, -0.05) is 33.6 Å². The molecular weight excluding hydrogens is 208 g/mol. The van der Waals surface area contributed by atoms with Gasteiger partial charge in [-0.05, 0) is 45.1 Å². The predicted molar refractivity (Wildman–Crippen MR) is 76.2 cm³/mol. The van der Waals surface area contributed by atoms with E-state index in [0.717, 1.165) is 24.9 Å². The average molecular weight is 240 g/mol. The fourth-order valence-corrected chi connectivity index (χ4v) is 2.97. The Kier molecular flexibility index (Phi) is 5.94. The van der Waals surface area contributed by atoms with Crippen LogP contribution < -0.4 is 5.73 Å². The van der Waals surface area contributed by atoms with Gasteiger partial charge in [0.2, 0.25) is 0 Å². The smallest absolute Gasteiger partial charge is 0.0303 e. The van der Waals surface area contributed by atoms with Crippen molar-refractivity contribution in [2.75, 3.05) is 13.1 Å². The Hall–Kier alpha value is -0.0800. The number of nitrogens with two attached hydrogens (primary N) is 1. The van der Waals surface area contributed by atoms with Crippen LogP contribution in [-0.2, 0) is 0 Å². The summed E-state index contributed by atoms with van der Waals surface area (Å²) in [5.41, 5.74) is 6.26. The molecule has 0 bridgehead atoms. The van der Waals surface area contributed by atoms with Crippen LogP contribution in [0.15, 0.2) is 0 Å². The summed E-state index contributed by atoms with van der Waals surface area (Å²) in [6.45, 7) is 11.3. The molecule has 0 aromatic rings. The van der Waals surface area contributed by atoms with Crippen molar-refractivity contribution in [3.8, 4) is 0 Å². The summed E-state index contributed by atoms with van der Waals surface area (Å²) >= 11 is 0. The van der Waals surface area contributed by atoms with Gasteiger partial charge in [0.05, 0.1) is 0 Å². The molecule has 17 heavy (non-hydrogen) atoms. The third kappa shape index (κ3) is 3.96. The van der Waals surface area contributed by atoms with E-state index in [-0.39, 0.29) is 5.54 Å². The zero-order valence-electron chi connectivity index (χ0n) is 12.3. The molecule has 0 radical (unpaired) electrons. The Morgan fingerprint density at radius 2 is 1.88 bits per heavy atom. The van der Waals surface area contributed by atoms with E-state index in [4.69, 9.17) is 5.73 Å². The molecule has 0 saturated heterocycles. The number of hydrogen-bond donors (Lipinski definition) is 1. The maximum Gasteiger partial charge on any atom is 0.0303 e. The lowest BCUT2D eigenvalue weighted by atomic mass is 9.92. The van der Waals surface area contributed by atoms with E-state index in [1.807, 2.05) is 0 Å². The van der Waals surface area contributed by atoms with Gasteiger partial charge in [-0.25, -0.2) is 0 Å². The van der Waals surface area contributed by atoms with Gasteiger partial charge < -0.3 is 5.73 Å². The number of nitrogens with zero attached hydrogens (tertiary/aromatic N) is 1. The molecule has 0 amide bonds. The molecule has 0 aliphatic heterocycles. The first-order valence-electron chi connectivity index (χ1n) is 7.50. The Morgan fingerprint density at radius 3 is 2.29 bits per heavy atom. The molecule has 1 unspecified atom stereocenters. The minimum atomic E-state index is 0.212. The highest BCUT2D eigenvalue weighted by molar-refractivity contribution is 4.92. The van der Waals surface area contributed by atoms with E-state index in [1.165, 1.54) is 38.6 Å². The predicted octanol–water partition coefficient (Wildman–Crippen LogP) is 3.40. The average Bonchev–Trinajstić information content (AvgIpc) is 2.82. The van der Waals surface area contributed by atoms with Crippen LogP contribution >= 0.6 is 0 Å². The van der Waals surface area contributed by atoms with Crippen molar-refractivity contribution < 1.29 is 0 Å². The molecule has 2 N–H and O–H groups in total. The van der Waals surface area contributed by atoms with Crippen LogP contribution in [0.2, 0.25) is 0 Å². The minimum absolute atomic E-state index is 0.212. The Labute approximate surface area is 108 Å². The lowest BCUT2D eigenvalue weighted by Gasteiger charge is -2.44. The van der Waals surface area contributed by atoms with Crippen LogP contribution in [0.5, 0.6) is 0 Å². The summed E-state index contributed by atoms with van der Waals surface area (Å²) in [6.07, 6.45) is 8.05. The number of rotatable bonds is 7. The van der Waals surface area contributed by atoms with Gasteiger partial charge in [-0.2, -0.15) is 0 Å². The molecule has 1 saturated carbocycles. The normalized spacial score (nSPS) is 21.4. The van der Waals surface area contributed by atoms with Gasteiger partial charge in [-0.3, -0.25) is 4.90 Å². The second-order valence-electron chi connectivity index (χ2n) is 6.37. The topological polar surface area (TPSA) is 29.3 Å². The molecule has 1 rings (SSSR count). The van der Waals surface area contributed by atoms with Gasteiger partial charge >= 0.3 is 0 Å². The molecule has 2 nitrogen and oxygen atoms in total. The van der Waals surface area contributed by atoms with Gasteiger partial charge in [0.15, 0.2) is 0 Å². The molecule has 1 fully saturated rings. The fraction of sp³-hybridized carbons (Fsp3) is 1.00. The molecule has 0 aromatic carbocycles. The van der Waals surface area contributed by atoms with Crippen LogP contribution in [0.4, 0.5) is 0 Å². The van der Waals surface area contributed by atoms with Crippen molar-refractivity contribution in [3.63, 3.8) is 0 Å². The van der Waals surface area contributed by atoms with Gasteiger partial charge in [0, 0.05) is 18.1 Å². The largest absolute Gasteiger partial charge is 0.329 e. The molecule has 1 aliphatic carbocycles. The van der Waals surface area contributed by atoms with Crippen LogP contribution in [0, 0.1) is 5.92 Å². The third-order valence-corrected chi connectivity index (χ3v) is 4.61. The lowest BCUT2D eigenvalue weighted by molar-refractivity contribution is 0.0546. The van der Waals surface area contributed by atoms with Crippen molar-refractivity contribution >= 4 is 0 Å². The van der Waals surface area contributed by atoms with E-state index < -0.39 is 0 Å². The minimum Gasteiger partial charge on any atom is -0.329 e.